The lowest BCUT2D eigenvalue weighted by Crippen LogP contribution is -2.41. The van der Waals surface area contributed by atoms with Crippen LogP contribution in [-0.2, 0) is 13.1 Å². The predicted molar refractivity (Wildman–Crippen MR) is 143 cm³/mol. The quantitative estimate of drug-likeness (QED) is 0.421. The van der Waals surface area contributed by atoms with E-state index in [2.05, 4.69) is 37.5 Å². The summed E-state index contributed by atoms with van der Waals surface area (Å²) in [5.74, 6) is -0.731. The van der Waals surface area contributed by atoms with Crippen molar-refractivity contribution in [3.05, 3.63) is 83.9 Å². The van der Waals surface area contributed by atoms with E-state index in [1.165, 1.54) is 43.6 Å². The molecule has 6 rings (SSSR count). The summed E-state index contributed by atoms with van der Waals surface area (Å²) >= 11 is 0. The zero-order valence-corrected chi connectivity index (χ0v) is 20.9. The van der Waals surface area contributed by atoms with Gasteiger partial charge in [-0.1, -0.05) is 12.1 Å². The van der Waals surface area contributed by atoms with Crippen molar-refractivity contribution in [2.24, 2.45) is 11.1 Å². The number of aromatic nitrogens is 3. The van der Waals surface area contributed by atoms with Gasteiger partial charge in [-0.3, -0.25) is 14.7 Å². The van der Waals surface area contributed by atoms with Gasteiger partial charge in [0.25, 0.3) is 5.91 Å². The van der Waals surface area contributed by atoms with Gasteiger partial charge in [0.15, 0.2) is 0 Å². The molecule has 0 unspecified atom stereocenters. The van der Waals surface area contributed by atoms with E-state index in [0.717, 1.165) is 36.2 Å². The Morgan fingerprint density at radius 3 is 2.59 bits per heavy atom. The number of rotatable bonds is 6. The predicted octanol–water partition coefficient (Wildman–Crippen LogP) is 3.78. The van der Waals surface area contributed by atoms with E-state index < -0.39 is 5.91 Å². The second-order valence-electron chi connectivity index (χ2n) is 10.6. The molecule has 37 heavy (non-hydrogen) atoms. The van der Waals surface area contributed by atoms with Gasteiger partial charge in [-0.05, 0) is 72.7 Å². The second-order valence-corrected chi connectivity index (χ2v) is 10.6. The molecule has 8 heteroatoms. The van der Waals surface area contributed by atoms with E-state index >= 15 is 0 Å². The summed E-state index contributed by atoms with van der Waals surface area (Å²) < 4.78 is 2.05. The van der Waals surface area contributed by atoms with E-state index in [1.807, 2.05) is 36.9 Å². The summed E-state index contributed by atoms with van der Waals surface area (Å²) in [7, 11) is 0. The first-order valence-corrected chi connectivity index (χ1v) is 12.9. The topological polar surface area (TPSA) is 101 Å². The van der Waals surface area contributed by atoms with E-state index in [4.69, 9.17) is 10.7 Å². The van der Waals surface area contributed by atoms with Gasteiger partial charge in [0.05, 0.1) is 17.4 Å². The minimum Gasteiger partial charge on any atom is -0.507 e. The maximum atomic E-state index is 11.4. The molecule has 1 spiro atoms. The Morgan fingerprint density at radius 1 is 1.00 bits per heavy atom. The monoisotopic (exact) mass is 496 g/mol. The fourth-order valence-electron chi connectivity index (χ4n) is 6.01. The van der Waals surface area contributed by atoms with E-state index in [9.17, 15) is 9.90 Å². The molecule has 8 nitrogen and oxygen atoms in total. The van der Waals surface area contributed by atoms with Gasteiger partial charge in [-0.25, -0.2) is 4.98 Å². The van der Waals surface area contributed by atoms with Crippen LogP contribution in [0.25, 0.3) is 11.0 Å². The summed E-state index contributed by atoms with van der Waals surface area (Å²) in [6, 6.07) is 13.5. The largest absolute Gasteiger partial charge is 0.507 e. The van der Waals surface area contributed by atoms with E-state index in [-0.39, 0.29) is 11.3 Å². The number of hydrogen-bond acceptors (Lipinski definition) is 6. The minimum absolute atomic E-state index is 0.0953. The first-order chi connectivity index (χ1) is 18.0. The number of aromatic hydroxyl groups is 1. The summed E-state index contributed by atoms with van der Waals surface area (Å²) in [4.78, 5) is 25.5. The molecule has 0 bridgehead atoms. The van der Waals surface area contributed by atoms with Crippen LogP contribution in [0.15, 0.2) is 67.3 Å². The van der Waals surface area contributed by atoms with E-state index in [1.54, 1.807) is 12.1 Å². The van der Waals surface area contributed by atoms with Crippen molar-refractivity contribution >= 4 is 22.6 Å². The molecule has 2 aliphatic heterocycles. The summed E-state index contributed by atoms with van der Waals surface area (Å²) in [5.41, 5.74) is 10.1. The van der Waals surface area contributed by atoms with Gasteiger partial charge in [0, 0.05) is 56.7 Å². The number of carbonyl (C=O) groups excluding carboxylic acids is 1. The number of nitrogens with zero attached hydrogens (tertiary/aromatic N) is 5. The number of phenols is 1. The highest BCUT2D eigenvalue weighted by molar-refractivity contribution is 5.95. The zero-order chi connectivity index (χ0) is 25.4. The van der Waals surface area contributed by atoms with Crippen molar-refractivity contribution in [3.63, 3.8) is 0 Å². The molecule has 2 aliphatic rings. The molecule has 2 saturated heterocycles. The number of pyridine rings is 2. The maximum absolute atomic E-state index is 11.4. The molecule has 0 radical (unpaired) electrons. The molecule has 3 N–H and O–H groups in total. The Balaban J connectivity index is 1.10. The van der Waals surface area contributed by atoms with Gasteiger partial charge in [0.2, 0.25) is 0 Å². The Labute approximate surface area is 216 Å². The van der Waals surface area contributed by atoms with Crippen LogP contribution in [0.3, 0.4) is 0 Å². The van der Waals surface area contributed by atoms with E-state index in [0.29, 0.717) is 12.0 Å². The van der Waals surface area contributed by atoms with Crippen LogP contribution >= 0.6 is 0 Å². The third-order valence-corrected chi connectivity index (χ3v) is 8.10. The van der Waals surface area contributed by atoms with Gasteiger partial charge < -0.3 is 20.3 Å². The van der Waals surface area contributed by atoms with Crippen molar-refractivity contribution < 1.29 is 9.90 Å². The maximum Gasteiger partial charge on any atom is 0.252 e. The normalized spacial score (nSPS) is 17.6. The number of amides is 1. The van der Waals surface area contributed by atoms with Crippen molar-refractivity contribution in [3.8, 4) is 5.75 Å². The number of benzene rings is 1. The third-order valence-electron chi connectivity index (χ3n) is 8.10. The molecule has 3 aromatic heterocycles. The highest BCUT2D eigenvalue weighted by Crippen LogP contribution is 2.41. The van der Waals surface area contributed by atoms with Crippen LogP contribution in [0.2, 0.25) is 0 Å². The number of piperidine rings is 1. The number of likely N-dealkylation sites (tertiary alicyclic amines) is 1. The molecule has 0 atom stereocenters. The average molecular weight is 497 g/mol. The Kier molecular flexibility index (Phi) is 6.04. The molecule has 5 heterocycles. The Bertz CT molecular complexity index is 1430. The standard InChI is InChI=1S/C29H32N6O2/c30-27(37)25-4-3-21(14-26(25)36)19-35-10-5-23-15-24(17-32-28(23)35)34-12-7-29(8-13-34)6-11-33(20-29)18-22-2-1-9-31-16-22/h1-5,9-10,14-17,36H,6-8,11-13,18-20H2,(H2,30,37). The first-order valence-electron chi connectivity index (χ1n) is 12.9. The van der Waals surface area contributed by atoms with Crippen LogP contribution in [0.1, 0.15) is 40.7 Å². The number of anilines is 1. The van der Waals surface area contributed by atoms with Gasteiger partial charge >= 0.3 is 0 Å². The van der Waals surface area contributed by atoms with Crippen molar-refractivity contribution in [2.45, 2.75) is 32.4 Å². The number of primary amides is 1. The number of hydrogen-bond donors (Lipinski definition) is 2. The molecule has 190 valence electrons. The fourth-order valence-corrected chi connectivity index (χ4v) is 6.01. The average Bonchev–Trinajstić information content (AvgIpc) is 3.48. The number of nitrogens with two attached hydrogens (primary N) is 1. The molecular weight excluding hydrogens is 464 g/mol. The summed E-state index contributed by atoms with van der Waals surface area (Å²) in [6.07, 6.45) is 11.5. The van der Waals surface area contributed by atoms with Crippen molar-refractivity contribution in [2.75, 3.05) is 31.1 Å². The molecule has 0 saturated carbocycles. The van der Waals surface area contributed by atoms with Gasteiger partial charge in [0.1, 0.15) is 11.4 Å². The minimum atomic E-state index is -0.636. The Hall–Kier alpha value is -3.91. The van der Waals surface area contributed by atoms with Gasteiger partial charge in [-0.2, -0.15) is 0 Å². The van der Waals surface area contributed by atoms with Crippen LogP contribution in [0, 0.1) is 5.41 Å². The molecule has 0 aliphatic carbocycles. The summed E-state index contributed by atoms with van der Waals surface area (Å²) in [6.45, 7) is 5.99. The zero-order valence-electron chi connectivity index (χ0n) is 20.9. The molecule has 1 aromatic carbocycles. The van der Waals surface area contributed by atoms with Crippen molar-refractivity contribution in [1.82, 2.24) is 19.4 Å². The molecule has 1 amide bonds. The fraction of sp³-hybridized carbons (Fsp3) is 0.345. The second kappa shape index (κ2) is 9.52. The third kappa shape index (κ3) is 4.76. The number of fused-ring (bicyclic) bond motifs is 1. The van der Waals surface area contributed by atoms with Gasteiger partial charge in [-0.15, -0.1) is 0 Å². The molecule has 2 fully saturated rings. The SMILES string of the molecule is NC(=O)c1ccc(Cn2ccc3cc(N4CCC5(CCN(Cc6cccnc6)C5)CC4)cnc32)cc1O. The molecular formula is C29H32N6O2. The highest BCUT2D eigenvalue weighted by Gasteiger charge is 2.40. The lowest BCUT2D eigenvalue weighted by atomic mass is 9.77. The lowest BCUT2D eigenvalue weighted by molar-refractivity contribution is 0.0997. The molecule has 4 aromatic rings. The van der Waals surface area contributed by atoms with Crippen LogP contribution in [0.5, 0.6) is 5.75 Å². The lowest BCUT2D eigenvalue weighted by Gasteiger charge is -2.40. The summed E-state index contributed by atoms with van der Waals surface area (Å²) in [5, 5.41) is 11.2. The first kappa shape index (κ1) is 23.5. The van der Waals surface area contributed by atoms with Crippen molar-refractivity contribution in [1.29, 1.82) is 0 Å². The van der Waals surface area contributed by atoms with Crippen LogP contribution < -0.4 is 10.6 Å². The smallest absolute Gasteiger partial charge is 0.252 e. The highest BCUT2D eigenvalue weighted by atomic mass is 16.3. The number of carbonyl (C=O) groups is 1. The Morgan fingerprint density at radius 2 is 1.84 bits per heavy atom. The van der Waals surface area contributed by atoms with Crippen LogP contribution in [-0.4, -0.2) is 56.6 Å². The van der Waals surface area contributed by atoms with Crippen LogP contribution in [0.4, 0.5) is 5.69 Å².